The minimum atomic E-state index is -0.454. The summed E-state index contributed by atoms with van der Waals surface area (Å²) in [5.74, 6) is 0.382. The van der Waals surface area contributed by atoms with Gasteiger partial charge in [0.25, 0.3) is 11.5 Å². The molecule has 10 heteroatoms. The summed E-state index contributed by atoms with van der Waals surface area (Å²) in [6, 6.07) is 20.3. The Bertz CT molecular complexity index is 1740. The molecule has 3 aromatic heterocycles. The van der Waals surface area contributed by atoms with Gasteiger partial charge in [0.05, 0.1) is 18.5 Å². The zero-order valence-corrected chi connectivity index (χ0v) is 21.7. The van der Waals surface area contributed by atoms with E-state index >= 15 is 0 Å². The summed E-state index contributed by atoms with van der Waals surface area (Å²) in [7, 11) is 3.08. The standard InChI is InChI=1S/C29H27N7O3/c1-17(34-26-22(27(37)31-2)16-33-29(30)35-26)23-14-19-8-7-11-21(18-12-13-32-24(15-18)39-3)25(19)28(38)36(23)20-9-5-4-6-10-20/h4-17H,1-3H3,(H,31,37)(H3,30,33,34,35). The van der Waals surface area contributed by atoms with E-state index in [0.717, 1.165) is 16.5 Å². The number of aromatic nitrogens is 4. The highest BCUT2D eigenvalue weighted by molar-refractivity contribution is 5.99. The topological polar surface area (TPSA) is 137 Å². The average Bonchev–Trinajstić information content (AvgIpc) is 2.97. The van der Waals surface area contributed by atoms with Crippen LogP contribution in [0.4, 0.5) is 11.8 Å². The number of carbonyl (C=O) groups is 1. The van der Waals surface area contributed by atoms with E-state index in [9.17, 15) is 9.59 Å². The molecule has 4 N–H and O–H groups in total. The number of nitrogens with one attached hydrogen (secondary N) is 2. The Balaban J connectivity index is 1.73. The summed E-state index contributed by atoms with van der Waals surface area (Å²) in [5.41, 5.74) is 8.83. The number of nitrogens with two attached hydrogens (primary N) is 1. The molecule has 0 aliphatic carbocycles. The third-order valence-electron chi connectivity index (χ3n) is 6.42. The van der Waals surface area contributed by atoms with Crippen molar-refractivity contribution < 1.29 is 9.53 Å². The second-order valence-corrected chi connectivity index (χ2v) is 8.84. The second kappa shape index (κ2) is 10.6. The number of benzene rings is 2. The van der Waals surface area contributed by atoms with Crippen molar-refractivity contribution in [3.63, 3.8) is 0 Å². The zero-order valence-electron chi connectivity index (χ0n) is 21.7. The second-order valence-electron chi connectivity index (χ2n) is 8.84. The number of para-hydroxylation sites is 1. The van der Waals surface area contributed by atoms with Crippen molar-refractivity contribution in [3.05, 3.63) is 101 Å². The first-order chi connectivity index (χ1) is 18.9. The highest BCUT2D eigenvalue weighted by Crippen LogP contribution is 2.31. The molecule has 0 spiro atoms. The van der Waals surface area contributed by atoms with Crippen molar-refractivity contribution in [2.24, 2.45) is 0 Å². The van der Waals surface area contributed by atoms with Crippen LogP contribution in [-0.4, -0.2) is 39.6 Å². The highest BCUT2D eigenvalue weighted by Gasteiger charge is 2.21. The van der Waals surface area contributed by atoms with Crippen LogP contribution in [0.1, 0.15) is 29.0 Å². The molecule has 3 heterocycles. The first-order valence-electron chi connectivity index (χ1n) is 12.3. The summed E-state index contributed by atoms with van der Waals surface area (Å²) in [6.07, 6.45) is 3.02. The Hall–Kier alpha value is -5.25. The van der Waals surface area contributed by atoms with E-state index in [4.69, 9.17) is 10.5 Å². The van der Waals surface area contributed by atoms with Crippen LogP contribution in [0.3, 0.4) is 0 Å². The number of nitrogen functional groups attached to an aromatic ring is 1. The predicted octanol–water partition coefficient (Wildman–Crippen LogP) is 3.97. The molecule has 2 aromatic carbocycles. The Morgan fingerprint density at radius 3 is 2.59 bits per heavy atom. The quantitative estimate of drug-likeness (QED) is 0.293. The number of rotatable bonds is 7. The molecule has 1 atom stereocenters. The molecule has 0 aliphatic rings. The van der Waals surface area contributed by atoms with Crippen LogP contribution < -0.4 is 26.7 Å². The Labute approximate surface area is 224 Å². The molecule has 0 bridgehead atoms. The maximum atomic E-state index is 14.3. The van der Waals surface area contributed by atoms with Crippen molar-refractivity contribution in [3.8, 4) is 22.7 Å². The van der Waals surface area contributed by atoms with Crippen LogP contribution in [0.25, 0.3) is 27.6 Å². The lowest BCUT2D eigenvalue weighted by Crippen LogP contribution is -2.27. The lowest BCUT2D eigenvalue weighted by molar-refractivity contribution is 0.0963. The number of fused-ring (bicyclic) bond motifs is 1. The maximum absolute atomic E-state index is 14.3. The minimum absolute atomic E-state index is 0.0220. The van der Waals surface area contributed by atoms with Crippen molar-refractivity contribution in [2.45, 2.75) is 13.0 Å². The third kappa shape index (κ3) is 4.87. The van der Waals surface area contributed by atoms with Gasteiger partial charge in [-0.15, -0.1) is 0 Å². The van der Waals surface area contributed by atoms with Gasteiger partial charge in [0.2, 0.25) is 11.8 Å². The van der Waals surface area contributed by atoms with Gasteiger partial charge in [-0.1, -0.05) is 36.4 Å². The first-order valence-corrected chi connectivity index (χ1v) is 12.3. The number of nitrogens with zero attached hydrogens (tertiary/aromatic N) is 4. The number of hydrogen-bond acceptors (Lipinski definition) is 8. The summed E-state index contributed by atoms with van der Waals surface area (Å²) in [5, 5.41) is 7.18. The third-order valence-corrected chi connectivity index (χ3v) is 6.42. The van der Waals surface area contributed by atoms with E-state index in [1.165, 1.54) is 13.2 Å². The van der Waals surface area contributed by atoms with Crippen LogP contribution in [0.5, 0.6) is 5.88 Å². The molecule has 0 saturated heterocycles. The maximum Gasteiger partial charge on any atom is 0.263 e. The van der Waals surface area contributed by atoms with Gasteiger partial charge >= 0.3 is 0 Å². The molecule has 1 unspecified atom stereocenters. The summed E-state index contributed by atoms with van der Waals surface area (Å²) in [4.78, 5) is 39.2. The highest BCUT2D eigenvalue weighted by atomic mass is 16.5. The van der Waals surface area contributed by atoms with Crippen molar-refractivity contribution in [1.82, 2.24) is 24.8 Å². The van der Waals surface area contributed by atoms with Crippen LogP contribution in [-0.2, 0) is 0 Å². The summed E-state index contributed by atoms with van der Waals surface area (Å²) in [6.45, 7) is 1.89. The van der Waals surface area contributed by atoms with Gasteiger partial charge in [0.15, 0.2) is 0 Å². The number of amides is 1. The van der Waals surface area contributed by atoms with E-state index in [-0.39, 0.29) is 28.8 Å². The summed E-state index contributed by atoms with van der Waals surface area (Å²) >= 11 is 0. The van der Waals surface area contributed by atoms with Gasteiger partial charge in [0.1, 0.15) is 11.4 Å². The lowest BCUT2D eigenvalue weighted by Gasteiger charge is -2.23. The van der Waals surface area contributed by atoms with Crippen LogP contribution in [0.2, 0.25) is 0 Å². The van der Waals surface area contributed by atoms with E-state index in [0.29, 0.717) is 22.6 Å². The Morgan fingerprint density at radius 2 is 1.85 bits per heavy atom. The largest absolute Gasteiger partial charge is 0.481 e. The van der Waals surface area contributed by atoms with Crippen molar-refractivity contribution in [2.75, 3.05) is 25.2 Å². The molecule has 39 heavy (non-hydrogen) atoms. The fraction of sp³-hybridized carbons (Fsp3) is 0.138. The van der Waals surface area contributed by atoms with Gasteiger partial charge in [-0.3, -0.25) is 14.2 Å². The molecular weight excluding hydrogens is 494 g/mol. The van der Waals surface area contributed by atoms with E-state index < -0.39 is 6.04 Å². The molecule has 196 valence electrons. The van der Waals surface area contributed by atoms with Gasteiger partial charge < -0.3 is 21.1 Å². The molecule has 1 amide bonds. The molecule has 0 fully saturated rings. The molecule has 5 aromatic rings. The van der Waals surface area contributed by atoms with Crippen LogP contribution in [0.15, 0.2) is 83.9 Å². The molecule has 0 radical (unpaired) electrons. The molecular formula is C29H27N7O3. The fourth-order valence-corrected chi connectivity index (χ4v) is 4.56. The molecule has 0 aliphatic heterocycles. The van der Waals surface area contributed by atoms with Gasteiger partial charge in [0, 0.05) is 36.9 Å². The molecule has 0 saturated carbocycles. The normalized spacial score (nSPS) is 11.7. The van der Waals surface area contributed by atoms with Crippen LogP contribution in [0, 0.1) is 0 Å². The van der Waals surface area contributed by atoms with E-state index in [1.807, 2.05) is 67.6 Å². The fourth-order valence-electron chi connectivity index (χ4n) is 4.56. The first kappa shape index (κ1) is 25.4. The summed E-state index contributed by atoms with van der Waals surface area (Å²) < 4.78 is 6.98. The number of carbonyl (C=O) groups excluding carboxylic acids is 1. The van der Waals surface area contributed by atoms with E-state index in [1.54, 1.807) is 23.9 Å². The monoisotopic (exact) mass is 521 g/mol. The van der Waals surface area contributed by atoms with Gasteiger partial charge in [-0.25, -0.2) is 9.97 Å². The number of methoxy groups -OCH3 is 1. The predicted molar refractivity (Wildman–Crippen MR) is 151 cm³/mol. The number of ether oxygens (including phenoxy) is 1. The average molecular weight is 522 g/mol. The van der Waals surface area contributed by atoms with Crippen LogP contribution >= 0.6 is 0 Å². The van der Waals surface area contributed by atoms with Gasteiger partial charge in [-0.05, 0) is 47.7 Å². The van der Waals surface area contributed by atoms with Crippen molar-refractivity contribution >= 4 is 28.4 Å². The van der Waals surface area contributed by atoms with Gasteiger partial charge in [-0.2, -0.15) is 4.98 Å². The molecule has 10 nitrogen and oxygen atoms in total. The Kier molecular flexibility index (Phi) is 6.92. The van der Waals surface area contributed by atoms with Crippen molar-refractivity contribution in [1.29, 1.82) is 0 Å². The number of hydrogen-bond donors (Lipinski definition) is 3. The minimum Gasteiger partial charge on any atom is -0.481 e. The Morgan fingerprint density at radius 1 is 1.05 bits per heavy atom. The van der Waals surface area contributed by atoms with E-state index in [2.05, 4.69) is 25.6 Å². The number of pyridine rings is 2. The SMILES string of the molecule is CNC(=O)c1cnc(N)nc1NC(C)c1cc2cccc(-c3ccnc(OC)c3)c2c(=O)n1-c1ccccc1. The molecule has 5 rings (SSSR count). The lowest BCUT2D eigenvalue weighted by atomic mass is 9.98. The zero-order chi connectivity index (χ0) is 27.5. The number of anilines is 2. The smallest absolute Gasteiger partial charge is 0.263 e.